The molecule has 8 heteroatoms. The molecule has 198 valence electrons. The van der Waals surface area contributed by atoms with Gasteiger partial charge >= 0.3 is 0 Å². The van der Waals surface area contributed by atoms with Crippen LogP contribution in [0.4, 0.5) is 17.1 Å². The zero-order valence-corrected chi connectivity index (χ0v) is 22.6. The van der Waals surface area contributed by atoms with Crippen LogP contribution < -0.4 is 15.5 Å². The molecule has 7 nitrogen and oxygen atoms in total. The Balaban J connectivity index is 1.05. The summed E-state index contributed by atoms with van der Waals surface area (Å²) >= 11 is 1.65. The number of fused-ring (bicyclic) bond motifs is 1. The largest absolute Gasteiger partial charge is 0.326 e. The molecule has 2 N–H and O–H groups in total. The van der Waals surface area contributed by atoms with E-state index in [0.717, 1.165) is 26.5 Å². The number of aryl methyl sites for hydroxylation is 1. The van der Waals surface area contributed by atoms with Gasteiger partial charge in [0.1, 0.15) is 5.01 Å². The first kappa shape index (κ1) is 25.5. The van der Waals surface area contributed by atoms with Gasteiger partial charge in [-0.15, -0.1) is 11.3 Å². The number of aromatic nitrogens is 1. The summed E-state index contributed by atoms with van der Waals surface area (Å²) in [5.41, 5.74) is 5.69. The maximum absolute atomic E-state index is 12.8. The van der Waals surface area contributed by atoms with E-state index in [0.29, 0.717) is 23.5 Å². The molecule has 0 aliphatic carbocycles. The summed E-state index contributed by atoms with van der Waals surface area (Å²) in [6.07, 6.45) is 0.165. The summed E-state index contributed by atoms with van der Waals surface area (Å²) in [7, 11) is 0. The van der Waals surface area contributed by atoms with Crippen LogP contribution in [0.1, 0.15) is 22.3 Å². The fourth-order valence-corrected chi connectivity index (χ4v) is 5.81. The molecule has 0 bridgehead atoms. The maximum atomic E-state index is 12.8. The van der Waals surface area contributed by atoms with Gasteiger partial charge in [-0.25, -0.2) is 4.98 Å². The van der Waals surface area contributed by atoms with E-state index >= 15 is 0 Å². The highest BCUT2D eigenvalue weighted by atomic mass is 32.1. The van der Waals surface area contributed by atoms with E-state index in [1.807, 2.05) is 60.7 Å². The summed E-state index contributed by atoms with van der Waals surface area (Å²) in [6.45, 7) is 2.41. The van der Waals surface area contributed by atoms with Crippen LogP contribution in [0.2, 0.25) is 0 Å². The molecule has 1 saturated heterocycles. The van der Waals surface area contributed by atoms with Crippen LogP contribution in [-0.4, -0.2) is 29.3 Å². The second kappa shape index (κ2) is 10.7. The smallest absolute Gasteiger partial charge is 0.255 e. The lowest BCUT2D eigenvalue weighted by Crippen LogP contribution is -2.28. The van der Waals surface area contributed by atoms with Crippen LogP contribution in [-0.2, 0) is 9.59 Å². The van der Waals surface area contributed by atoms with Crippen molar-refractivity contribution in [2.75, 3.05) is 22.1 Å². The Morgan fingerprint density at radius 2 is 1.57 bits per heavy atom. The van der Waals surface area contributed by atoms with Crippen molar-refractivity contribution < 1.29 is 14.4 Å². The normalized spacial score (nSPS) is 14.9. The number of rotatable bonds is 6. The van der Waals surface area contributed by atoms with Gasteiger partial charge in [0.05, 0.1) is 16.1 Å². The zero-order chi connectivity index (χ0) is 27.6. The van der Waals surface area contributed by atoms with Crippen LogP contribution >= 0.6 is 11.3 Å². The quantitative estimate of drug-likeness (QED) is 0.254. The van der Waals surface area contributed by atoms with Gasteiger partial charge in [-0.3, -0.25) is 14.4 Å². The number of para-hydroxylation sites is 1. The van der Waals surface area contributed by atoms with Crippen molar-refractivity contribution in [1.29, 1.82) is 0 Å². The third-order valence-electron chi connectivity index (χ3n) is 6.91. The number of nitrogens with zero attached hydrogens (tertiary/aromatic N) is 2. The highest BCUT2D eigenvalue weighted by Gasteiger charge is 2.35. The van der Waals surface area contributed by atoms with Gasteiger partial charge < -0.3 is 15.5 Å². The molecule has 0 radical (unpaired) electrons. The summed E-state index contributed by atoms with van der Waals surface area (Å²) in [5.74, 6) is -0.972. The number of benzene rings is 4. The van der Waals surface area contributed by atoms with Gasteiger partial charge in [-0.05, 0) is 85.3 Å². The van der Waals surface area contributed by atoms with Crippen LogP contribution in [0.3, 0.4) is 0 Å². The number of thiazole rings is 1. The molecule has 0 spiro atoms. The summed E-state index contributed by atoms with van der Waals surface area (Å²) in [5, 5.41) is 6.72. The van der Waals surface area contributed by atoms with E-state index < -0.39 is 5.92 Å². The van der Waals surface area contributed by atoms with Gasteiger partial charge in [-0.2, -0.15) is 0 Å². The number of anilines is 3. The van der Waals surface area contributed by atoms with Crippen molar-refractivity contribution in [3.05, 3.63) is 108 Å². The lowest BCUT2D eigenvalue weighted by Gasteiger charge is -2.16. The second-order valence-corrected chi connectivity index (χ2v) is 10.9. The Hall–Kier alpha value is -4.82. The van der Waals surface area contributed by atoms with Gasteiger partial charge in [-0.1, -0.05) is 24.3 Å². The SMILES string of the molecule is Cc1ccc2nc(-c3ccc(NC(=O)c4ccc(NC(=O)C5CC(=O)N(c6ccccc6)C5)cc4)cc3)sc2c1. The summed E-state index contributed by atoms with van der Waals surface area (Å²) in [6, 6.07) is 29.9. The molecule has 2 heterocycles. The number of hydrogen-bond donors (Lipinski definition) is 2. The lowest BCUT2D eigenvalue weighted by molar-refractivity contribution is -0.122. The maximum Gasteiger partial charge on any atom is 0.255 e. The number of amides is 3. The summed E-state index contributed by atoms with van der Waals surface area (Å²) in [4.78, 5) is 44.4. The molecule has 1 aliphatic rings. The second-order valence-electron chi connectivity index (χ2n) is 9.83. The van der Waals surface area contributed by atoms with Gasteiger partial charge in [0.15, 0.2) is 0 Å². The molecule has 6 rings (SSSR count). The topological polar surface area (TPSA) is 91.4 Å². The van der Waals surface area contributed by atoms with Crippen molar-refractivity contribution in [3.8, 4) is 10.6 Å². The molecule has 1 unspecified atom stereocenters. The van der Waals surface area contributed by atoms with E-state index in [1.54, 1.807) is 40.5 Å². The van der Waals surface area contributed by atoms with E-state index in [2.05, 4.69) is 29.7 Å². The third-order valence-corrected chi connectivity index (χ3v) is 7.98. The Morgan fingerprint density at radius 3 is 2.33 bits per heavy atom. The molecular formula is C32H26N4O3S. The van der Waals surface area contributed by atoms with Crippen LogP contribution in [0, 0.1) is 12.8 Å². The number of nitrogens with one attached hydrogen (secondary N) is 2. The van der Waals surface area contributed by atoms with Crippen molar-refractivity contribution in [2.45, 2.75) is 13.3 Å². The molecule has 40 heavy (non-hydrogen) atoms. The van der Waals surface area contributed by atoms with Crippen LogP contribution in [0.5, 0.6) is 0 Å². The third kappa shape index (κ3) is 5.34. The number of carbonyl (C=O) groups excluding carboxylic acids is 3. The minimum atomic E-state index is -0.439. The lowest BCUT2D eigenvalue weighted by atomic mass is 10.1. The Labute approximate surface area is 235 Å². The molecule has 0 saturated carbocycles. The van der Waals surface area contributed by atoms with E-state index in [-0.39, 0.29) is 24.1 Å². The summed E-state index contributed by atoms with van der Waals surface area (Å²) < 4.78 is 1.15. The fourth-order valence-electron chi connectivity index (χ4n) is 4.74. The Bertz CT molecular complexity index is 1710. The molecule has 1 aromatic heterocycles. The van der Waals surface area contributed by atoms with Gasteiger partial charge in [0, 0.05) is 41.2 Å². The Morgan fingerprint density at radius 1 is 0.875 bits per heavy atom. The van der Waals surface area contributed by atoms with Gasteiger partial charge in [0.2, 0.25) is 11.8 Å². The minimum Gasteiger partial charge on any atom is -0.326 e. The molecule has 1 aliphatic heterocycles. The average Bonchev–Trinajstić information content (AvgIpc) is 3.57. The van der Waals surface area contributed by atoms with Crippen LogP contribution in [0.25, 0.3) is 20.8 Å². The Kier molecular flexibility index (Phi) is 6.84. The standard InChI is InChI=1S/C32H26N4O3S/c1-20-7-16-27-28(17-20)40-32(35-27)22-10-14-25(15-11-22)33-30(38)21-8-12-24(13-9-21)34-31(39)23-18-29(37)36(19-23)26-5-3-2-4-6-26/h2-17,23H,18-19H2,1H3,(H,33,38)(H,34,39). The van der Waals surface area contributed by atoms with Crippen molar-refractivity contribution >= 4 is 56.3 Å². The van der Waals surface area contributed by atoms with E-state index in [9.17, 15) is 14.4 Å². The number of carbonyl (C=O) groups is 3. The molecule has 5 aromatic rings. The molecule has 1 fully saturated rings. The monoisotopic (exact) mass is 546 g/mol. The highest BCUT2D eigenvalue weighted by molar-refractivity contribution is 7.21. The zero-order valence-electron chi connectivity index (χ0n) is 21.8. The van der Waals surface area contributed by atoms with E-state index in [4.69, 9.17) is 4.98 Å². The molecule has 1 atom stereocenters. The molecule has 3 amide bonds. The van der Waals surface area contributed by atoms with Gasteiger partial charge in [0.25, 0.3) is 5.91 Å². The van der Waals surface area contributed by atoms with Crippen molar-refractivity contribution in [2.24, 2.45) is 5.92 Å². The molecule has 4 aromatic carbocycles. The average molecular weight is 547 g/mol. The van der Waals surface area contributed by atoms with Crippen molar-refractivity contribution in [1.82, 2.24) is 4.98 Å². The van der Waals surface area contributed by atoms with Crippen LogP contribution in [0.15, 0.2) is 97.1 Å². The minimum absolute atomic E-state index is 0.0680. The predicted octanol–water partition coefficient (Wildman–Crippen LogP) is 6.52. The molecular weight excluding hydrogens is 520 g/mol. The number of hydrogen-bond acceptors (Lipinski definition) is 5. The first-order valence-corrected chi connectivity index (χ1v) is 13.8. The fraction of sp³-hybridized carbons (Fsp3) is 0.125. The van der Waals surface area contributed by atoms with E-state index in [1.165, 1.54) is 5.56 Å². The first-order chi connectivity index (χ1) is 19.4. The highest BCUT2D eigenvalue weighted by Crippen LogP contribution is 2.31. The van der Waals surface area contributed by atoms with Crippen molar-refractivity contribution in [3.63, 3.8) is 0 Å². The first-order valence-electron chi connectivity index (χ1n) is 13.0. The predicted molar refractivity (Wildman–Crippen MR) is 160 cm³/mol.